The van der Waals surface area contributed by atoms with Crippen molar-refractivity contribution in [1.29, 1.82) is 0 Å². The van der Waals surface area contributed by atoms with Crippen molar-refractivity contribution in [3.63, 3.8) is 0 Å². The van der Waals surface area contributed by atoms with Crippen LogP contribution in [0.25, 0.3) is 11.0 Å². The third-order valence-corrected chi connectivity index (χ3v) is 6.80. The van der Waals surface area contributed by atoms with Crippen molar-refractivity contribution in [2.45, 2.75) is 32.2 Å². The molecule has 0 radical (unpaired) electrons. The average Bonchev–Trinajstić information content (AvgIpc) is 3.42. The van der Waals surface area contributed by atoms with E-state index in [0.29, 0.717) is 24.7 Å². The van der Waals surface area contributed by atoms with Crippen LogP contribution < -0.4 is 4.74 Å². The highest BCUT2D eigenvalue weighted by atomic mass is 19.4. The van der Waals surface area contributed by atoms with Crippen LogP contribution in [0.5, 0.6) is 5.75 Å². The minimum absolute atomic E-state index is 0.101. The highest BCUT2D eigenvalue weighted by Gasteiger charge is 2.38. The smallest absolute Gasteiger partial charge is 0.406 e. The van der Waals surface area contributed by atoms with Gasteiger partial charge >= 0.3 is 6.36 Å². The molecule has 2 aromatic carbocycles. The molecule has 0 bridgehead atoms. The van der Waals surface area contributed by atoms with E-state index in [1.807, 2.05) is 11.0 Å². The normalized spacial score (nSPS) is 21.1. The third-order valence-electron chi connectivity index (χ3n) is 6.80. The van der Waals surface area contributed by atoms with Gasteiger partial charge in [0.15, 0.2) is 0 Å². The summed E-state index contributed by atoms with van der Waals surface area (Å²) < 4.78 is 40.8. The van der Waals surface area contributed by atoms with E-state index in [4.69, 9.17) is 0 Å². The van der Waals surface area contributed by atoms with Crippen molar-refractivity contribution in [2.24, 2.45) is 11.8 Å². The van der Waals surface area contributed by atoms with Crippen LogP contribution >= 0.6 is 0 Å². The summed E-state index contributed by atoms with van der Waals surface area (Å²) in [4.78, 5) is 17.2. The molecule has 3 heterocycles. The molecule has 2 atom stereocenters. The summed E-state index contributed by atoms with van der Waals surface area (Å²) >= 11 is 0. The molecule has 3 aromatic rings. The highest BCUT2D eigenvalue weighted by molar-refractivity contribution is 5.76. The first-order valence-corrected chi connectivity index (χ1v) is 11.5. The van der Waals surface area contributed by atoms with Crippen LogP contribution in [0, 0.1) is 11.8 Å². The first-order chi connectivity index (χ1) is 16.3. The lowest BCUT2D eigenvalue weighted by Crippen LogP contribution is -2.43. The van der Waals surface area contributed by atoms with Crippen LogP contribution in [-0.4, -0.2) is 63.7 Å². The maximum Gasteiger partial charge on any atom is 0.573 e. The number of aromatic amines is 1. The molecule has 7 nitrogen and oxygen atoms in total. The van der Waals surface area contributed by atoms with E-state index in [1.54, 1.807) is 12.1 Å². The molecule has 1 N–H and O–H groups in total. The number of ether oxygens (including phenoxy) is 1. The van der Waals surface area contributed by atoms with Crippen LogP contribution in [-0.2, 0) is 17.8 Å². The first kappa shape index (κ1) is 22.6. The highest BCUT2D eigenvalue weighted by Crippen LogP contribution is 2.32. The SMILES string of the molecule is O=C(CCc1ccc(OC(F)(F)F)cc1)N1CCC2CN(Cc3ccc4n[nH]nc4c3)CC2C1. The molecule has 1 aromatic heterocycles. The van der Waals surface area contributed by atoms with E-state index >= 15 is 0 Å². The predicted molar refractivity (Wildman–Crippen MR) is 119 cm³/mol. The number of amides is 1. The number of aromatic nitrogens is 3. The number of aryl methyl sites for hydroxylation is 1. The van der Waals surface area contributed by atoms with Crippen LogP contribution in [0.4, 0.5) is 13.2 Å². The zero-order chi connectivity index (χ0) is 23.7. The van der Waals surface area contributed by atoms with Crippen LogP contribution in [0.3, 0.4) is 0 Å². The number of carbonyl (C=O) groups excluding carboxylic acids is 1. The van der Waals surface area contributed by atoms with Gasteiger partial charge in [-0.25, -0.2) is 0 Å². The monoisotopic (exact) mass is 473 g/mol. The number of alkyl halides is 3. The number of rotatable bonds is 6. The summed E-state index contributed by atoms with van der Waals surface area (Å²) in [6.45, 7) is 4.39. The summed E-state index contributed by atoms with van der Waals surface area (Å²) in [5, 5.41) is 10.9. The van der Waals surface area contributed by atoms with Gasteiger partial charge in [0, 0.05) is 39.1 Å². The number of hydrogen-bond donors (Lipinski definition) is 1. The third kappa shape index (κ3) is 5.32. The molecule has 2 unspecified atom stereocenters. The summed E-state index contributed by atoms with van der Waals surface area (Å²) in [5.74, 6) is 0.911. The van der Waals surface area contributed by atoms with E-state index < -0.39 is 6.36 Å². The maximum atomic E-state index is 12.8. The molecule has 10 heteroatoms. The first-order valence-electron chi connectivity index (χ1n) is 11.5. The summed E-state index contributed by atoms with van der Waals surface area (Å²) in [7, 11) is 0. The Balaban J connectivity index is 1.10. The molecule has 0 spiro atoms. The van der Waals surface area contributed by atoms with Gasteiger partial charge in [-0.2, -0.15) is 15.4 Å². The largest absolute Gasteiger partial charge is 0.573 e. The molecule has 34 heavy (non-hydrogen) atoms. The van der Waals surface area contributed by atoms with Gasteiger partial charge < -0.3 is 9.64 Å². The van der Waals surface area contributed by atoms with Crippen molar-refractivity contribution in [3.05, 3.63) is 53.6 Å². The Morgan fingerprint density at radius 3 is 2.53 bits per heavy atom. The van der Waals surface area contributed by atoms with Gasteiger partial charge in [0.2, 0.25) is 5.91 Å². The average molecular weight is 473 g/mol. The lowest BCUT2D eigenvalue weighted by molar-refractivity contribution is -0.274. The van der Waals surface area contributed by atoms with Gasteiger partial charge in [-0.05, 0) is 60.1 Å². The number of nitrogens with zero attached hydrogens (tertiary/aromatic N) is 4. The molecule has 2 aliphatic heterocycles. The molecular formula is C24H26F3N5O2. The van der Waals surface area contributed by atoms with E-state index in [1.165, 1.54) is 17.7 Å². The van der Waals surface area contributed by atoms with Crippen LogP contribution in [0.1, 0.15) is 24.0 Å². The molecule has 180 valence electrons. The Hall–Kier alpha value is -3.14. The van der Waals surface area contributed by atoms with Gasteiger partial charge in [0.25, 0.3) is 0 Å². The second-order valence-electron chi connectivity index (χ2n) is 9.18. The zero-order valence-electron chi connectivity index (χ0n) is 18.6. The Morgan fingerprint density at radius 2 is 1.74 bits per heavy atom. The molecular weight excluding hydrogens is 447 g/mol. The number of carbonyl (C=O) groups is 1. The van der Waals surface area contributed by atoms with E-state index in [2.05, 4.69) is 37.2 Å². The number of halogens is 3. The zero-order valence-corrected chi connectivity index (χ0v) is 18.6. The fraction of sp³-hybridized carbons (Fsp3) is 0.458. The summed E-state index contributed by atoms with van der Waals surface area (Å²) in [6.07, 6.45) is -2.87. The fourth-order valence-corrected chi connectivity index (χ4v) is 5.13. The molecule has 2 fully saturated rings. The quantitative estimate of drug-likeness (QED) is 0.590. The number of H-pyrrole nitrogens is 1. The lowest BCUT2D eigenvalue weighted by atomic mass is 9.88. The van der Waals surface area contributed by atoms with Crippen molar-refractivity contribution in [3.8, 4) is 5.75 Å². The second-order valence-corrected chi connectivity index (χ2v) is 9.18. The van der Waals surface area contributed by atoms with E-state index in [0.717, 1.165) is 55.7 Å². The van der Waals surface area contributed by atoms with Crippen molar-refractivity contribution in [1.82, 2.24) is 25.2 Å². The van der Waals surface area contributed by atoms with Crippen molar-refractivity contribution < 1.29 is 22.7 Å². The van der Waals surface area contributed by atoms with Crippen molar-refractivity contribution in [2.75, 3.05) is 26.2 Å². The predicted octanol–water partition coefficient (Wildman–Crippen LogP) is 3.77. The topological polar surface area (TPSA) is 74.3 Å². The van der Waals surface area contributed by atoms with Gasteiger partial charge in [-0.3, -0.25) is 9.69 Å². The van der Waals surface area contributed by atoms with Gasteiger partial charge in [0.1, 0.15) is 16.8 Å². The lowest BCUT2D eigenvalue weighted by Gasteiger charge is -2.34. The standard InChI is InChI=1S/C24H26F3N5O2/c25-24(26,27)34-20-5-1-16(2-6-20)4-8-23(33)32-10-9-18-13-31(14-19(18)15-32)12-17-3-7-21-22(11-17)29-30-28-21/h1-3,5-7,11,18-19H,4,8-10,12-15H2,(H,28,29,30). The molecule has 0 saturated carbocycles. The Kier molecular flexibility index (Phi) is 6.16. The number of likely N-dealkylation sites (tertiary alicyclic amines) is 2. The number of piperidine rings is 1. The molecule has 0 aliphatic carbocycles. The van der Waals surface area contributed by atoms with Crippen LogP contribution in [0.2, 0.25) is 0 Å². The van der Waals surface area contributed by atoms with Crippen molar-refractivity contribution >= 4 is 16.9 Å². The summed E-state index contributed by atoms with van der Waals surface area (Å²) in [6, 6.07) is 11.9. The minimum Gasteiger partial charge on any atom is -0.406 e. The number of benzene rings is 2. The number of fused-ring (bicyclic) bond motifs is 2. The second kappa shape index (κ2) is 9.25. The summed E-state index contributed by atoms with van der Waals surface area (Å²) in [5.41, 5.74) is 3.75. The van der Waals surface area contributed by atoms with E-state index in [9.17, 15) is 18.0 Å². The fourth-order valence-electron chi connectivity index (χ4n) is 5.13. The van der Waals surface area contributed by atoms with Crippen LogP contribution in [0.15, 0.2) is 42.5 Å². The molecule has 5 rings (SSSR count). The minimum atomic E-state index is -4.70. The Morgan fingerprint density at radius 1 is 1.00 bits per heavy atom. The van der Waals surface area contributed by atoms with Gasteiger partial charge in [-0.15, -0.1) is 13.2 Å². The van der Waals surface area contributed by atoms with Gasteiger partial charge in [0.05, 0.1) is 0 Å². The van der Waals surface area contributed by atoms with Gasteiger partial charge in [-0.1, -0.05) is 18.2 Å². The number of hydrogen-bond acceptors (Lipinski definition) is 5. The Labute approximate surface area is 194 Å². The molecule has 2 aliphatic rings. The maximum absolute atomic E-state index is 12.8. The number of nitrogens with one attached hydrogen (secondary N) is 1. The van der Waals surface area contributed by atoms with E-state index in [-0.39, 0.29) is 11.7 Å². The molecule has 2 saturated heterocycles. The Bertz CT molecular complexity index is 1150. The molecule has 1 amide bonds.